The van der Waals surface area contributed by atoms with Crippen LogP contribution in [0.15, 0.2) is 47.6 Å². The Morgan fingerprint density at radius 1 is 1.13 bits per heavy atom. The predicted molar refractivity (Wildman–Crippen MR) is 96.8 cm³/mol. The molecule has 122 valence electrons. The third-order valence-corrected chi connectivity index (χ3v) is 3.50. The average molecular weight is 311 g/mol. The van der Waals surface area contributed by atoms with Gasteiger partial charge >= 0.3 is 0 Å². The summed E-state index contributed by atoms with van der Waals surface area (Å²) in [4.78, 5) is 10.7. The first-order valence-corrected chi connectivity index (χ1v) is 7.71. The molecule has 0 amide bonds. The van der Waals surface area contributed by atoms with Crippen molar-refractivity contribution in [3.05, 3.63) is 59.3 Å². The summed E-state index contributed by atoms with van der Waals surface area (Å²) in [6.45, 7) is 3.52. The number of anilines is 1. The zero-order valence-corrected chi connectivity index (χ0v) is 14.3. The monoisotopic (exact) mass is 311 g/mol. The quantitative estimate of drug-likeness (QED) is 0.657. The Kier molecular flexibility index (Phi) is 5.97. The Morgan fingerprint density at radius 3 is 2.61 bits per heavy atom. The maximum Gasteiger partial charge on any atom is 0.191 e. The zero-order chi connectivity index (χ0) is 16.7. The van der Waals surface area contributed by atoms with Crippen LogP contribution >= 0.6 is 0 Å². The molecule has 23 heavy (non-hydrogen) atoms. The van der Waals surface area contributed by atoms with Crippen LogP contribution in [-0.4, -0.2) is 32.1 Å². The summed E-state index contributed by atoms with van der Waals surface area (Å²) >= 11 is 0. The van der Waals surface area contributed by atoms with Crippen LogP contribution in [0, 0.1) is 6.92 Å². The van der Waals surface area contributed by atoms with Crippen LogP contribution in [0.2, 0.25) is 0 Å². The molecule has 5 nitrogen and oxygen atoms in total. The van der Waals surface area contributed by atoms with Crippen molar-refractivity contribution in [2.75, 3.05) is 26.0 Å². The molecule has 0 saturated carbocycles. The molecule has 0 spiro atoms. The lowest BCUT2D eigenvalue weighted by molar-refractivity contribution is 0.804. The Bertz CT molecular complexity index is 664. The molecule has 2 rings (SSSR count). The van der Waals surface area contributed by atoms with Crippen molar-refractivity contribution in [2.24, 2.45) is 4.99 Å². The Hall–Kier alpha value is -2.56. The highest BCUT2D eigenvalue weighted by molar-refractivity contribution is 5.79. The summed E-state index contributed by atoms with van der Waals surface area (Å²) in [5, 5.41) is 6.67. The number of pyridine rings is 1. The Labute approximate surface area is 138 Å². The second kappa shape index (κ2) is 8.17. The molecule has 0 aliphatic heterocycles. The molecule has 0 radical (unpaired) electrons. The molecule has 0 atom stereocenters. The molecule has 0 aliphatic carbocycles. The van der Waals surface area contributed by atoms with E-state index in [1.165, 1.54) is 11.1 Å². The third-order valence-electron chi connectivity index (χ3n) is 3.50. The minimum absolute atomic E-state index is 0.675. The highest BCUT2D eigenvalue weighted by atomic mass is 15.2. The molecule has 1 aromatic carbocycles. The van der Waals surface area contributed by atoms with Crippen LogP contribution in [0.4, 0.5) is 5.82 Å². The molecule has 0 unspecified atom stereocenters. The number of guanidine groups is 1. The lowest BCUT2D eigenvalue weighted by atomic mass is 10.1. The molecule has 5 heteroatoms. The van der Waals surface area contributed by atoms with Gasteiger partial charge in [0.15, 0.2) is 5.96 Å². The fourth-order valence-electron chi connectivity index (χ4n) is 2.38. The highest BCUT2D eigenvalue weighted by Gasteiger charge is 2.06. The van der Waals surface area contributed by atoms with Crippen molar-refractivity contribution in [3.8, 4) is 0 Å². The van der Waals surface area contributed by atoms with Gasteiger partial charge in [-0.25, -0.2) is 4.98 Å². The van der Waals surface area contributed by atoms with Crippen LogP contribution in [-0.2, 0) is 13.1 Å². The van der Waals surface area contributed by atoms with E-state index < -0.39 is 0 Å². The van der Waals surface area contributed by atoms with E-state index in [9.17, 15) is 0 Å². The van der Waals surface area contributed by atoms with Crippen molar-refractivity contribution in [1.29, 1.82) is 0 Å². The van der Waals surface area contributed by atoms with Gasteiger partial charge in [0, 0.05) is 46.0 Å². The van der Waals surface area contributed by atoms with Crippen molar-refractivity contribution >= 4 is 11.8 Å². The van der Waals surface area contributed by atoms with Gasteiger partial charge in [0.05, 0.1) is 0 Å². The van der Waals surface area contributed by atoms with Crippen LogP contribution in [0.5, 0.6) is 0 Å². The minimum atomic E-state index is 0.675. The highest BCUT2D eigenvalue weighted by Crippen LogP contribution is 2.13. The molecule has 2 N–H and O–H groups in total. The molecule has 0 bridgehead atoms. The Balaban J connectivity index is 1.93. The molecule has 2 aromatic rings. The van der Waals surface area contributed by atoms with E-state index >= 15 is 0 Å². The molecule has 0 aliphatic rings. The summed E-state index contributed by atoms with van der Waals surface area (Å²) in [6, 6.07) is 12.5. The van der Waals surface area contributed by atoms with Crippen molar-refractivity contribution < 1.29 is 0 Å². The van der Waals surface area contributed by atoms with Crippen LogP contribution in [0.1, 0.15) is 16.7 Å². The summed E-state index contributed by atoms with van der Waals surface area (Å²) < 4.78 is 0. The predicted octanol–water partition coefficient (Wildman–Crippen LogP) is 2.32. The molecular formula is C18H25N5. The van der Waals surface area contributed by atoms with Gasteiger partial charge in [0.1, 0.15) is 5.82 Å². The van der Waals surface area contributed by atoms with Gasteiger partial charge < -0.3 is 15.5 Å². The van der Waals surface area contributed by atoms with E-state index in [4.69, 9.17) is 0 Å². The second-order valence-corrected chi connectivity index (χ2v) is 5.65. The van der Waals surface area contributed by atoms with Crippen LogP contribution < -0.4 is 15.5 Å². The van der Waals surface area contributed by atoms with E-state index in [0.717, 1.165) is 23.9 Å². The van der Waals surface area contributed by atoms with Gasteiger partial charge in [-0.15, -0.1) is 0 Å². The van der Waals surface area contributed by atoms with Crippen molar-refractivity contribution in [1.82, 2.24) is 15.6 Å². The lowest BCUT2D eigenvalue weighted by Gasteiger charge is -2.17. The molecular weight excluding hydrogens is 286 g/mol. The first-order valence-electron chi connectivity index (χ1n) is 7.71. The minimum Gasteiger partial charge on any atom is -0.362 e. The van der Waals surface area contributed by atoms with Crippen molar-refractivity contribution in [2.45, 2.75) is 20.0 Å². The Morgan fingerprint density at radius 2 is 1.91 bits per heavy atom. The van der Waals surface area contributed by atoms with Gasteiger partial charge in [-0.1, -0.05) is 35.9 Å². The average Bonchev–Trinajstić information content (AvgIpc) is 2.55. The SMILES string of the molecule is CN=C(NCc1cccc(C)c1)NCc1cccnc1N(C)C. The van der Waals surface area contributed by atoms with Crippen molar-refractivity contribution in [3.63, 3.8) is 0 Å². The molecule has 1 aromatic heterocycles. The van der Waals surface area contributed by atoms with Crippen LogP contribution in [0.3, 0.4) is 0 Å². The number of hydrogen-bond acceptors (Lipinski definition) is 3. The number of aromatic nitrogens is 1. The number of benzene rings is 1. The van der Waals surface area contributed by atoms with Gasteiger partial charge in [-0.2, -0.15) is 0 Å². The summed E-state index contributed by atoms with van der Waals surface area (Å²) in [5.74, 6) is 1.74. The number of aryl methyl sites for hydroxylation is 1. The van der Waals surface area contributed by atoms with Gasteiger partial charge in [-0.3, -0.25) is 4.99 Å². The molecule has 0 saturated heterocycles. The summed E-state index contributed by atoms with van der Waals surface area (Å²) in [5.41, 5.74) is 3.64. The fourth-order valence-corrected chi connectivity index (χ4v) is 2.38. The molecule has 0 fully saturated rings. The number of nitrogens with one attached hydrogen (secondary N) is 2. The van der Waals surface area contributed by atoms with Gasteiger partial charge in [0.25, 0.3) is 0 Å². The third kappa shape index (κ3) is 4.98. The lowest BCUT2D eigenvalue weighted by Crippen LogP contribution is -2.36. The van der Waals surface area contributed by atoms with Gasteiger partial charge in [0.2, 0.25) is 0 Å². The molecule has 1 heterocycles. The first kappa shape index (κ1) is 16.8. The van der Waals surface area contributed by atoms with E-state index in [1.54, 1.807) is 7.05 Å². The van der Waals surface area contributed by atoms with E-state index in [0.29, 0.717) is 6.54 Å². The topological polar surface area (TPSA) is 52.6 Å². The number of rotatable bonds is 5. The zero-order valence-electron chi connectivity index (χ0n) is 14.3. The van der Waals surface area contributed by atoms with E-state index in [2.05, 4.69) is 57.9 Å². The van der Waals surface area contributed by atoms with Crippen LogP contribution in [0.25, 0.3) is 0 Å². The number of nitrogens with zero attached hydrogens (tertiary/aromatic N) is 3. The maximum absolute atomic E-state index is 4.41. The smallest absolute Gasteiger partial charge is 0.191 e. The van der Waals surface area contributed by atoms with E-state index in [-0.39, 0.29) is 0 Å². The standard InChI is InChI=1S/C18H25N5/c1-14-7-5-8-15(11-14)12-21-18(19-2)22-13-16-9-6-10-20-17(16)23(3)4/h5-11H,12-13H2,1-4H3,(H2,19,21,22). The second-order valence-electron chi connectivity index (χ2n) is 5.65. The normalized spacial score (nSPS) is 11.2. The number of aliphatic imine (C=N–C) groups is 1. The maximum atomic E-state index is 4.41. The largest absolute Gasteiger partial charge is 0.362 e. The first-order chi connectivity index (χ1) is 11.1. The summed E-state index contributed by atoms with van der Waals surface area (Å²) in [7, 11) is 5.77. The van der Waals surface area contributed by atoms with E-state index in [1.807, 2.05) is 31.3 Å². The number of hydrogen-bond donors (Lipinski definition) is 2. The van der Waals surface area contributed by atoms with Gasteiger partial charge in [-0.05, 0) is 18.6 Å². The fraction of sp³-hybridized carbons (Fsp3) is 0.333. The summed E-state index contributed by atoms with van der Waals surface area (Å²) in [6.07, 6.45) is 1.81.